The molecule has 2 aromatic heterocycles. The molecule has 0 saturated heterocycles. The molecule has 0 saturated carbocycles. The molecular weight excluding hydrogens is 366 g/mol. The van der Waals surface area contributed by atoms with Crippen LogP contribution in [0.4, 0.5) is 5.69 Å². The van der Waals surface area contributed by atoms with Crippen LogP contribution < -0.4 is 10.1 Å². The summed E-state index contributed by atoms with van der Waals surface area (Å²) in [5.74, 6) is 0.537. The second-order valence-electron chi connectivity index (χ2n) is 7.00. The molecule has 1 amide bonds. The van der Waals surface area contributed by atoms with Crippen molar-refractivity contribution in [3.63, 3.8) is 0 Å². The van der Waals surface area contributed by atoms with E-state index in [9.17, 15) is 4.79 Å². The number of hydrogen-bond acceptors (Lipinski definition) is 5. The van der Waals surface area contributed by atoms with Crippen molar-refractivity contribution in [1.82, 2.24) is 19.8 Å². The highest BCUT2D eigenvalue weighted by Crippen LogP contribution is 2.25. The zero-order chi connectivity index (χ0) is 20.4. The van der Waals surface area contributed by atoms with E-state index < -0.39 is 0 Å². The minimum atomic E-state index is -0.219. The Hall–Kier alpha value is -3.74. The van der Waals surface area contributed by atoms with Gasteiger partial charge < -0.3 is 10.1 Å². The normalized spacial score (nSPS) is 10.9. The van der Waals surface area contributed by atoms with Crippen LogP contribution in [0, 0.1) is 20.8 Å². The van der Waals surface area contributed by atoms with Crippen molar-refractivity contribution in [1.29, 1.82) is 0 Å². The van der Waals surface area contributed by atoms with Gasteiger partial charge >= 0.3 is 0 Å². The number of fused-ring (bicyclic) bond motifs is 1. The minimum absolute atomic E-state index is 0.0557. The monoisotopic (exact) mass is 387 g/mol. The van der Waals surface area contributed by atoms with Crippen LogP contribution in [0.2, 0.25) is 0 Å². The second kappa shape index (κ2) is 7.71. The van der Waals surface area contributed by atoms with Crippen molar-refractivity contribution in [2.45, 2.75) is 20.8 Å². The molecule has 7 nitrogen and oxygen atoms in total. The summed E-state index contributed by atoms with van der Waals surface area (Å²) in [5.41, 5.74) is 6.21. The van der Waals surface area contributed by atoms with E-state index in [2.05, 4.69) is 20.6 Å². The lowest BCUT2D eigenvalue weighted by atomic mass is 10.1. The predicted octanol–water partition coefficient (Wildman–Crippen LogP) is 3.73. The fraction of sp³-hybridized carbons (Fsp3) is 0.182. The molecule has 0 fully saturated rings. The molecule has 0 atom stereocenters. The maximum atomic E-state index is 12.4. The molecule has 0 bridgehead atoms. The molecule has 29 heavy (non-hydrogen) atoms. The maximum absolute atomic E-state index is 12.4. The van der Waals surface area contributed by atoms with Crippen molar-refractivity contribution < 1.29 is 9.53 Å². The molecule has 2 heterocycles. The van der Waals surface area contributed by atoms with Gasteiger partial charge in [-0.1, -0.05) is 29.8 Å². The molecule has 0 spiro atoms. The largest absolute Gasteiger partial charge is 0.483 e. The fourth-order valence-corrected chi connectivity index (χ4v) is 3.37. The third kappa shape index (κ3) is 4.08. The topological polar surface area (TPSA) is 81.4 Å². The Balaban J connectivity index is 1.46. The van der Waals surface area contributed by atoms with Crippen molar-refractivity contribution in [2.75, 3.05) is 11.9 Å². The summed E-state index contributed by atoms with van der Waals surface area (Å²) in [5, 5.41) is 15.2. The highest BCUT2D eigenvalue weighted by Gasteiger charge is 2.10. The highest BCUT2D eigenvalue weighted by atomic mass is 16.5. The standard InChI is InChI=1S/C22H21N5O2/c1-14-9-15(2)22(16(3)10-14)29-12-21(28)24-18-6-4-5-17(11-18)19-7-8-20-25-23-13-27(20)26-19/h4-11,13H,12H2,1-3H3,(H,24,28). The van der Waals surface area contributed by atoms with E-state index >= 15 is 0 Å². The Morgan fingerprint density at radius 3 is 2.66 bits per heavy atom. The Labute approximate surface area is 168 Å². The third-order valence-electron chi connectivity index (χ3n) is 4.56. The van der Waals surface area contributed by atoms with Gasteiger partial charge in [-0.05, 0) is 56.2 Å². The van der Waals surface area contributed by atoms with Gasteiger partial charge in [-0.3, -0.25) is 4.79 Å². The minimum Gasteiger partial charge on any atom is -0.483 e. The lowest BCUT2D eigenvalue weighted by molar-refractivity contribution is -0.118. The van der Waals surface area contributed by atoms with Gasteiger partial charge in [0.25, 0.3) is 5.91 Å². The first-order valence-corrected chi connectivity index (χ1v) is 9.27. The molecule has 4 rings (SSSR count). The lowest BCUT2D eigenvalue weighted by Crippen LogP contribution is -2.20. The molecule has 146 valence electrons. The number of aryl methyl sites for hydroxylation is 3. The quantitative estimate of drug-likeness (QED) is 0.564. The van der Waals surface area contributed by atoms with E-state index in [1.54, 1.807) is 10.8 Å². The summed E-state index contributed by atoms with van der Waals surface area (Å²) in [6.07, 6.45) is 1.55. The van der Waals surface area contributed by atoms with Crippen molar-refractivity contribution in [3.05, 3.63) is 71.5 Å². The number of carbonyl (C=O) groups is 1. The Kier molecular flexibility index (Phi) is 4.95. The zero-order valence-electron chi connectivity index (χ0n) is 16.5. The molecule has 0 aliphatic heterocycles. The number of hydrogen-bond donors (Lipinski definition) is 1. The fourth-order valence-electron chi connectivity index (χ4n) is 3.37. The van der Waals surface area contributed by atoms with Crippen LogP contribution in [0.3, 0.4) is 0 Å². The van der Waals surface area contributed by atoms with Gasteiger partial charge in [0.1, 0.15) is 12.1 Å². The van der Waals surface area contributed by atoms with E-state index in [-0.39, 0.29) is 12.5 Å². The van der Waals surface area contributed by atoms with Gasteiger partial charge in [-0.25, -0.2) is 0 Å². The number of benzene rings is 2. The number of anilines is 1. The first-order valence-electron chi connectivity index (χ1n) is 9.27. The number of ether oxygens (including phenoxy) is 1. The van der Waals surface area contributed by atoms with Crippen LogP contribution in [0.25, 0.3) is 16.9 Å². The molecule has 1 N–H and O–H groups in total. The number of aromatic nitrogens is 4. The van der Waals surface area contributed by atoms with Crippen LogP contribution in [0.15, 0.2) is 54.9 Å². The Morgan fingerprint density at radius 2 is 1.86 bits per heavy atom. The second-order valence-corrected chi connectivity index (χ2v) is 7.00. The summed E-state index contributed by atoms with van der Waals surface area (Å²) in [6.45, 7) is 5.95. The summed E-state index contributed by atoms with van der Waals surface area (Å²) >= 11 is 0. The van der Waals surface area contributed by atoms with E-state index in [0.29, 0.717) is 11.3 Å². The number of nitrogens with one attached hydrogen (secondary N) is 1. The summed E-state index contributed by atoms with van der Waals surface area (Å²) < 4.78 is 7.38. The molecule has 4 aromatic rings. The van der Waals surface area contributed by atoms with Gasteiger partial charge in [-0.2, -0.15) is 9.61 Å². The smallest absolute Gasteiger partial charge is 0.262 e. The predicted molar refractivity (Wildman–Crippen MR) is 111 cm³/mol. The van der Waals surface area contributed by atoms with Gasteiger partial charge in [0.15, 0.2) is 12.3 Å². The number of nitrogens with zero attached hydrogens (tertiary/aromatic N) is 4. The molecular formula is C22H21N5O2. The number of amides is 1. The molecule has 0 radical (unpaired) electrons. The molecule has 0 unspecified atom stereocenters. The van der Waals surface area contributed by atoms with E-state index in [4.69, 9.17) is 4.74 Å². The maximum Gasteiger partial charge on any atom is 0.262 e. The molecule has 7 heteroatoms. The Morgan fingerprint density at radius 1 is 1.07 bits per heavy atom. The van der Waals surface area contributed by atoms with Crippen LogP contribution in [0.1, 0.15) is 16.7 Å². The summed E-state index contributed by atoms with van der Waals surface area (Å²) in [4.78, 5) is 12.4. The molecule has 0 aliphatic carbocycles. The van der Waals surface area contributed by atoms with Crippen LogP contribution in [0.5, 0.6) is 5.75 Å². The summed E-state index contributed by atoms with van der Waals surface area (Å²) in [7, 11) is 0. The third-order valence-corrected chi connectivity index (χ3v) is 4.56. The van der Waals surface area contributed by atoms with Crippen LogP contribution in [-0.2, 0) is 4.79 Å². The van der Waals surface area contributed by atoms with Crippen LogP contribution >= 0.6 is 0 Å². The molecule has 2 aromatic carbocycles. The van der Waals surface area contributed by atoms with Gasteiger partial charge in [0.05, 0.1) is 5.69 Å². The van der Waals surface area contributed by atoms with Crippen molar-refractivity contribution in [2.24, 2.45) is 0 Å². The average Bonchev–Trinajstić information content (AvgIpc) is 3.15. The van der Waals surface area contributed by atoms with Crippen molar-refractivity contribution >= 4 is 17.2 Å². The number of carbonyl (C=O) groups excluding carboxylic acids is 1. The zero-order valence-corrected chi connectivity index (χ0v) is 16.5. The number of rotatable bonds is 5. The average molecular weight is 387 g/mol. The SMILES string of the molecule is Cc1cc(C)c(OCC(=O)Nc2cccc(-c3ccc4nncn4n3)c2)c(C)c1. The van der Waals surface area contributed by atoms with Crippen LogP contribution in [-0.4, -0.2) is 32.3 Å². The van der Waals surface area contributed by atoms with E-state index in [1.165, 1.54) is 5.56 Å². The molecule has 0 aliphatic rings. The van der Waals surface area contributed by atoms with E-state index in [0.717, 1.165) is 28.1 Å². The highest BCUT2D eigenvalue weighted by molar-refractivity contribution is 5.92. The first kappa shape index (κ1) is 18.6. The summed E-state index contributed by atoms with van der Waals surface area (Å²) in [6, 6.07) is 15.3. The van der Waals surface area contributed by atoms with E-state index in [1.807, 2.05) is 69.3 Å². The Bertz CT molecular complexity index is 1180. The van der Waals surface area contributed by atoms with Gasteiger partial charge in [0, 0.05) is 11.3 Å². The first-order chi connectivity index (χ1) is 14.0. The van der Waals surface area contributed by atoms with Crippen molar-refractivity contribution in [3.8, 4) is 17.0 Å². The lowest BCUT2D eigenvalue weighted by Gasteiger charge is -2.13. The van der Waals surface area contributed by atoms with Gasteiger partial charge in [-0.15, -0.1) is 10.2 Å². The van der Waals surface area contributed by atoms with Gasteiger partial charge in [0.2, 0.25) is 0 Å².